The summed E-state index contributed by atoms with van der Waals surface area (Å²) in [5.74, 6) is -0.347. The van der Waals surface area contributed by atoms with E-state index in [2.05, 4.69) is 5.32 Å². The summed E-state index contributed by atoms with van der Waals surface area (Å²) in [6.07, 6.45) is 0.422. The maximum absolute atomic E-state index is 11.9. The van der Waals surface area contributed by atoms with Crippen molar-refractivity contribution in [2.24, 2.45) is 5.41 Å². The quantitative estimate of drug-likeness (QED) is 0.869. The minimum absolute atomic E-state index is 0.211. The van der Waals surface area contributed by atoms with Crippen LogP contribution >= 0.6 is 0 Å². The molecule has 22 heavy (non-hydrogen) atoms. The average molecular weight is 305 g/mol. The predicted molar refractivity (Wildman–Crippen MR) is 82.5 cm³/mol. The van der Waals surface area contributed by atoms with E-state index in [9.17, 15) is 9.59 Å². The highest BCUT2D eigenvalue weighted by atomic mass is 16.6. The molecule has 1 saturated heterocycles. The molecule has 0 spiro atoms. The van der Waals surface area contributed by atoms with Crippen molar-refractivity contribution in [3.05, 3.63) is 35.4 Å². The van der Waals surface area contributed by atoms with E-state index in [1.807, 2.05) is 39.0 Å². The Bertz CT molecular complexity index is 562. The van der Waals surface area contributed by atoms with Crippen molar-refractivity contribution in [2.45, 2.75) is 39.3 Å². The summed E-state index contributed by atoms with van der Waals surface area (Å²) in [5.41, 5.74) is 1.07. The minimum Gasteiger partial charge on any atom is -0.465 e. The highest BCUT2D eigenvalue weighted by Crippen LogP contribution is 2.28. The van der Waals surface area contributed by atoms with Gasteiger partial charge in [0, 0.05) is 18.9 Å². The van der Waals surface area contributed by atoms with E-state index < -0.39 is 5.41 Å². The van der Waals surface area contributed by atoms with Gasteiger partial charge in [-0.1, -0.05) is 12.1 Å². The van der Waals surface area contributed by atoms with Crippen LogP contribution in [0.25, 0.3) is 0 Å². The van der Waals surface area contributed by atoms with Gasteiger partial charge in [-0.3, -0.25) is 10.1 Å². The number of rotatable bonds is 3. The lowest BCUT2D eigenvalue weighted by atomic mass is 9.96. The van der Waals surface area contributed by atoms with Gasteiger partial charge in [-0.15, -0.1) is 0 Å². The standard InChI is InChI=1S/C17H23NO4/c1-17(2,3)16(20)22-14-9-13(10-18-14)11-6-5-7-12(8-11)15(19)21-4/h5-8,13-14,18H,9-10H2,1-4H3. The highest BCUT2D eigenvalue weighted by Gasteiger charge is 2.32. The number of carbonyl (C=O) groups excluding carboxylic acids is 2. The number of hydrogen-bond acceptors (Lipinski definition) is 5. The summed E-state index contributed by atoms with van der Waals surface area (Å²) >= 11 is 0. The van der Waals surface area contributed by atoms with Crippen LogP contribution in [0.3, 0.4) is 0 Å². The van der Waals surface area contributed by atoms with Crippen molar-refractivity contribution < 1.29 is 19.1 Å². The van der Waals surface area contributed by atoms with Gasteiger partial charge in [0.1, 0.15) is 0 Å². The summed E-state index contributed by atoms with van der Waals surface area (Å²) in [7, 11) is 1.37. The summed E-state index contributed by atoms with van der Waals surface area (Å²) in [4.78, 5) is 23.5. The zero-order chi connectivity index (χ0) is 16.3. The van der Waals surface area contributed by atoms with Crippen LogP contribution in [0.5, 0.6) is 0 Å². The molecule has 0 saturated carbocycles. The van der Waals surface area contributed by atoms with Gasteiger partial charge in [-0.05, 0) is 38.5 Å². The smallest absolute Gasteiger partial charge is 0.337 e. The second-order valence-electron chi connectivity index (χ2n) is 6.60. The van der Waals surface area contributed by atoms with E-state index in [4.69, 9.17) is 9.47 Å². The Balaban J connectivity index is 2.01. The predicted octanol–water partition coefficient (Wildman–Crippen LogP) is 2.47. The normalized spacial score (nSPS) is 21.5. The molecule has 1 N–H and O–H groups in total. The van der Waals surface area contributed by atoms with Gasteiger partial charge in [0.05, 0.1) is 18.1 Å². The van der Waals surface area contributed by atoms with Crippen LogP contribution < -0.4 is 5.32 Å². The molecule has 1 fully saturated rings. The zero-order valence-electron chi connectivity index (χ0n) is 13.5. The van der Waals surface area contributed by atoms with Crippen molar-refractivity contribution in [1.82, 2.24) is 5.32 Å². The fraction of sp³-hybridized carbons (Fsp3) is 0.529. The van der Waals surface area contributed by atoms with E-state index in [0.717, 1.165) is 5.56 Å². The number of hydrogen-bond donors (Lipinski definition) is 1. The fourth-order valence-electron chi connectivity index (χ4n) is 2.39. The maximum Gasteiger partial charge on any atom is 0.337 e. The van der Waals surface area contributed by atoms with Crippen LogP contribution in [0.2, 0.25) is 0 Å². The average Bonchev–Trinajstić information content (AvgIpc) is 2.94. The third-order valence-electron chi connectivity index (χ3n) is 3.73. The van der Waals surface area contributed by atoms with Crippen LogP contribution in [0, 0.1) is 5.41 Å². The Labute approximate surface area is 131 Å². The third kappa shape index (κ3) is 3.85. The van der Waals surface area contributed by atoms with Crippen molar-refractivity contribution >= 4 is 11.9 Å². The molecule has 120 valence electrons. The fourth-order valence-corrected chi connectivity index (χ4v) is 2.39. The molecule has 1 aromatic carbocycles. The van der Waals surface area contributed by atoms with Crippen LogP contribution in [0.15, 0.2) is 24.3 Å². The first kappa shape index (κ1) is 16.5. The molecule has 0 bridgehead atoms. The zero-order valence-corrected chi connectivity index (χ0v) is 13.5. The molecule has 1 aliphatic rings. The number of nitrogens with one attached hydrogen (secondary N) is 1. The van der Waals surface area contributed by atoms with E-state index in [-0.39, 0.29) is 24.1 Å². The molecule has 5 heteroatoms. The lowest BCUT2D eigenvalue weighted by Crippen LogP contribution is -2.33. The number of methoxy groups -OCH3 is 1. The topological polar surface area (TPSA) is 64.6 Å². The Hall–Kier alpha value is -1.88. The van der Waals surface area contributed by atoms with E-state index in [0.29, 0.717) is 18.5 Å². The van der Waals surface area contributed by atoms with E-state index in [1.165, 1.54) is 7.11 Å². The molecule has 5 nitrogen and oxygen atoms in total. The van der Waals surface area contributed by atoms with Crippen LogP contribution in [-0.2, 0) is 14.3 Å². The largest absolute Gasteiger partial charge is 0.465 e. The Kier molecular flexibility index (Phi) is 4.86. The molecule has 0 aromatic heterocycles. The maximum atomic E-state index is 11.9. The van der Waals surface area contributed by atoms with Crippen LogP contribution in [0.4, 0.5) is 0 Å². The molecule has 2 rings (SSSR count). The van der Waals surface area contributed by atoms with Crippen LogP contribution in [-0.4, -0.2) is 31.8 Å². The molecular formula is C17H23NO4. The number of carbonyl (C=O) groups is 2. The molecular weight excluding hydrogens is 282 g/mol. The van der Waals surface area contributed by atoms with Crippen molar-refractivity contribution in [3.8, 4) is 0 Å². The minimum atomic E-state index is -0.509. The molecule has 1 heterocycles. The summed E-state index contributed by atoms with van der Waals surface area (Å²) in [6, 6.07) is 7.39. The first-order chi connectivity index (χ1) is 10.3. The summed E-state index contributed by atoms with van der Waals surface area (Å²) in [5, 5.41) is 3.21. The molecule has 0 aliphatic carbocycles. The second kappa shape index (κ2) is 6.48. The molecule has 0 radical (unpaired) electrons. The Morgan fingerprint density at radius 3 is 2.64 bits per heavy atom. The van der Waals surface area contributed by atoms with Crippen molar-refractivity contribution in [3.63, 3.8) is 0 Å². The van der Waals surface area contributed by atoms with Gasteiger partial charge in [-0.2, -0.15) is 0 Å². The molecule has 2 unspecified atom stereocenters. The first-order valence-corrected chi connectivity index (χ1v) is 7.44. The lowest BCUT2D eigenvalue weighted by Gasteiger charge is -2.20. The van der Waals surface area contributed by atoms with Gasteiger partial charge < -0.3 is 9.47 Å². The van der Waals surface area contributed by atoms with Crippen LogP contribution in [0.1, 0.15) is 49.0 Å². The lowest BCUT2D eigenvalue weighted by molar-refractivity contribution is -0.159. The van der Waals surface area contributed by atoms with Crippen molar-refractivity contribution in [1.29, 1.82) is 0 Å². The summed E-state index contributed by atoms with van der Waals surface area (Å²) < 4.78 is 10.2. The highest BCUT2D eigenvalue weighted by molar-refractivity contribution is 5.89. The van der Waals surface area contributed by atoms with Gasteiger partial charge in [-0.25, -0.2) is 4.79 Å². The molecule has 2 atom stereocenters. The number of esters is 2. The van der Waals surface area contributed by atoms with Gasteiger partial charge in [0.15, 0.2) is 6.23 Å². The Morgan fingerprint density at radius 1 is 1.27 bits per heavy atom. The molecule has 1 aromatic rings. The first-order valence-electron chi connectivity index (χ1n) is 7.44. The third-order valence-corrected chi connectivity index (χ3v) is 3.73. The SMILES string of the molecule is COC(=O)c1cccc(C2CNC(OC(=O)C(C)(C)C)C2)c1. The van der Waals surface area contributed by atoms with Crippen molar-refractivity contribution in [2.75, 3.05) is 13.7 Å². The molecule has 1 aliphatic heterocycles. The van der Waals surface area contributed by atoms with Gasteiger partial charge in [0.25, 0.3) is 0 Å². The number of ether oxygens (including phenoxy) is 2. The monoisotopic (exact) mass is 305 g/mol. The second-order valence-corrected chi connectivity index (χ2v) is 6.60. The molecule has 0 amide bonds. The van der Waals surface area contributed by atoms with Gasteiger partial charge in [0.2, 0.25) is 0 Å². The van der Waals surface area contributed by atoms with E-state index >= 15 is 0 Å². The van der Waals surface area contributed by atoms with Gasteiger partial charge >= 0.3 is 11.9 Å². The Morgan fingerprint density at radius 2 is 2.00 bits per heavy atom. The number of benzene rings is 1. The summed E-state index contributed by atoms with van der Waals surface area (Å²) in [6.45, 7) is 6.22. The van der Waals surface area contributed by atoms with E-state index in [1.54, 1.807) is 6.07 Å².